The summed E-state index contributed by atoms with van der Waals surface area (Å²) in [7, 11) is 2.04. The van der Waals surface area contributed by atoms with Gasteiger partial charge in [-0.05, 0) is 13.8 Å². The second-order valence-corrected chi connectivity index (χ2v) is 7.88. The van der Waals surface area contributed by atoms with Gasteiger partial charge in [-0.2, -0.15) is 0 Å². The van der Waals surface area contributed by atoms with Gasteiger partial charge in [-0.15, -0.1) is 22.7 Å². The number of hydrogen-bond donors (Lipinski definition) is 1. The quantitative estimate of drug-likeness (QED) is 0.511. The SMILES string of the molecule is CCNC(=NCc1nc(-c2ccccc2)cs1)N(C)Cc1csc(C)n1. The lowest BCUT2D eigenvalue weighted by Crippen LogP contribution is -2.38. The molecule has 0 saturated carbocycles. The van der Waals surface area contributed by atoms with Crippen LogP contribution in [0.2, 0.25) is 0 Å². The Morgan fingerprint density at radius 2 is 1.96 bits per heavy atom. The Morgan fingerprint density at radius 3 is 2.65 bits per heavy atom. The normalized spacial score (nSPS) is 11.6. The Labute approximate surface area is 162 Å². The van der Waals surface area contributed by atoms with E-state index in [2.05, 4.69) is 45.0 Å². The van der Waals surface area contributed by atoms with Crippen LogP contribution in [0.4, 0.5) is 0 Å². The zero-order valence-corrected chi connectivity index (χ0v) is 16.9. The number of hydrogen-bond acceptors (Lipinski definition) is 5. The molecule has 1 N–H and O–H groups in total. The molecule has 0 spiro atoms. The molecule has 7 heteroatoms. The van der Waals surface area contributed by atoms with Gasteiger partial charge in [-0.25, -0.2) is 15.0 Å². The Hall–Kier alpha value is -2.25. The van der Waals surface area contributed by atoms with Crippen LogP contribution in [0.5, 0.6) is 0 Å². The van der Waals surface area contributed by atoms with Gasteiger partial charge in [0.1, 0.15) is 5.01 Å². The minimum Gasteiger partial charge on any atom is -0.357 e. The topological polar surface area (TPSA) is 53.4 Å². The highest BCUT2D eigenvalue weighted by Crippen LogP contribution is 2.22. The molecule has 3 rings (SSSR count). The van der Waals surface area contributed by atoms with E-state index in [9.17, 15) is 0 Å². The summed E-state index contributed by atoms with van der Waals surface area (Å²) in [6.07, 6.45) is 0. The second kappa shape index (κ2) is 8.91. The smallest absolute Gasteiger partial charge is 0.194 e. The van der Waals surface area contributed by atoms with Gasteiger partial charge in [0, 0.05) is 29.9 Å². The number of nitrogens with one attached hydrogen (secondary N) is 1. The summed E-state index contributed by atoms with van der Waals surface area (Å²) in [6.45, 7) is 6.24. The van der Waals surface area contributed by atoms with E-state index in [1.807, 2.05) is 32.2 Å². The number of aryl methyl sites for hydroxylation is 1. The van der Waals surface area contributed by atoms with Crippen LogP contribution < -0.4 is 5.32 Å². The number of benzene rings is 1. The number of thiazole rings is 2. The first kappa shape index (κ1) is 18.5. The van der Waals surface area contributed by atoms with Gasteiger partial charge >= 0.3 is 0 Å². The van der Waals surface area contributed by atoms with Crippen molar-refractivity contribution in [2.24, 2.45) is 4.99 Å². The number of nitrogens with zero attached hydrogens (tertiary/aromatic N) is 4. The lowest BCUT2D eigenvalue weighted by molar-refractivity contribution is 0.470. The predicted molar refractivity (Wildman–Crippen MR) is 111 cm³/mol. The molecular weight excluding hydrogens is 362 g/mol. The Balaban J connectivity index is 1.68. The van der Waals surface area contributed by atoms with Crippen molar-refractivity contribution in [2.45, 2.75) is 26.9 Å². The minimum atomic E-state index is 0.570. The monoisotopic (exact) mass is 385 g/mol. The van der Waals surface area contributed by atoms with E-state index in [1.54, 1.807) is 22.7 Å². The van der Waals surface area contributed by atoms with Crippen molar-refractivity contribution in [2.75, 3.05) is 13.6 Å². The van der Waals surface area contributed by atoms with Gasteiger partial charge in [0.05, 0.1) is 29.5 Å². The minimum absolute atomic E-state index is 0.570. The summed E-state index contributed by atoms with van der Waals surface area (Å²) in [5.74, 6) is 0.870. The highest BCUT2D eigenvalue weighted by atomic mass is 32.1. The van der Waals surface area contributed by atoms with Crippen LogP contribution in [-0.4, -0.2) is 34.4 Å². The van der Waals surface area contributed by atoms with Crippen LogP contribution in [0.1, 0.15) is 22.6 Å². The van der Waals surface area contributed by atoms with Crippen molar-refractivity contribution >= 4 is 28.6 Å². The van der Waals surface area contributed by atoms with Crippen molar-refractivity contribution in [3.8, 4) is 11.3 Å². The van der Waals surface area contributed by atoms with E-state index in [1.165, 1.54) is 0 Å². The Bertz CT molecular complexity index is 854. The molecule has 0 amide bonds. The predicted octanol–water partition coefficient (Wildman–Crippen LogP) is 4.17. The van der Waals surface area contributed by atoms with Gasteiger partial charge in [0.25, 0.3) is 0 Å². The number of aliphatic imine (C=N–C) groups is 1. The number of guanidine groups is 1. The molecule has 0 fully saturated rings. The van der Waals surface area contributed by atoms with Crippen LogP contribution in [0.3, 0.4) is 0 Å². The number of rotatable bonds is 6. The van der Waals surface area contributed by atoms with E-state index in [0.717, 1.165) is 46.0 Å². The van der Waals surface area contributed by atoms with Gasteiger partial charge in [0.2, 0.25) is 0 Å². The zero-order chi connectivity index (χ0) is 18.4. The molecule has 0 unspecified atom stereocenters. The van der Waals surface area contributed by atoms with E-state index in [-0.39, 0.29) is 0 Å². The molecule has 0 radical (unpaired) electrons. The molecule has 2 aromatic heterocycles. The molecule has 0 aliphatic heterocycles. The first-order valence-corrected chi connectivity index (χ1v) is 10.3. The average Bonchev–Trinajstić information content (AvgIpc) is 3.28. The number of aromatic nitrogens is 2. The summed E-state index contributed by atoms with van der Waals surface area (Å²) in [5, 5.41) is 9.64. The molecule has 1 aromatic carbocycles. The standard InChI is InChI=1S/C19H23N5S2/c1-4-20-19(24(3)11-16-12-25-14(2)22-16)21-10-18-23-17(13-26-18)15-8-6-5-7-9-15/h5-9,12-13H,4,10-11H2,1-3H3,(H,20,21). The molecule has 0 saturated heterocycles. The first-order valence-electron chi connectivity index (χ1n) is 8.56. The summed E-state index contributed by atoms with van der Waals surface area (Å²) in [6, 6.07) is 10.2. The molecule has 26 heavy (non-hydrogen) atoms. The molecule has 0 bridgehead atoms. The van der Waals surface area contributed by atoms with Gasteiger partial charge < -0.3 is 10.2 Å². The largest absolute Gasteiger partial charge is 0.357 e. The van der Waals surface area contributed by atoms with Gasteiger partial charge in [-0.3, -0.25) is 0 Å². The van der Waals surface area contributed by atoms with Crippen LogP contribution in [0, 0.1) is 6.92 Å². The van der Waals surface area contributed by atoms with Crippen molar-refractivity contribution in [1.82, 2.24) is 20.2 Å². The molecule has 0 aliphatic rings. The van der Waals surface area contributed by atoms with Crippen LogP contribution in [0.25, 0.3) is 11.3 Å². The van der Waals surface area contributed by atoms with Crippen LogP contribution in [0.15, 0.2) is 46.1 Å². The summed E-state index contributed by atoms with van der Waals surface area (Å²) in [4.78, 5) is 16.1. The molecule has 0 aliphatic carbocycles. The van der Waals surface area contributed by atoms with Gasteiger partial charge in [-0.1, -0.05) is 30.3 Å². The molecule has 0 atom stereocenters. The molecule has 3 aromatic rings. The maximum Gasteiger partial charge on any atom is 0.194 e. The summed E-state index contributed by atoms with van der Waals surface area (Å²) in [5.41, 5.74) is 3.22. The molecular formula is C19H23N5S2. The molecule has 5 nitrogen and oxygen atoms in total. The fourth-order valence-corrected chi connectivity index (χ4v) is 3.87. The first-order chi connectivity index (χ1) is 12.7. The fraction of sp³-hybridized carbons (Fsp3) is 0.316. The third kappa shape index (κ3) is 4.89. The van der Waals surface area contributed by atoms with Crippen LogP contribution >= 0.6 is 22.7 Å². The van der Waals surface area contributed by atoms with Crippen molar-refractivity contribution in [3.05, 3.63) is 56.8 Å². The van der Waals surface area contributed by atoms with Crippen molar-refractivity contribution in [3.63, 3.8) is 0 Å². The summed E-state index contributed by atoms with van der Waals surface area (Å²) >= 11 is 3.32. The third-order valence-corrected chi connectivity index (χ3v) is 5.40. The lowest BCUT2D eigenvalue weighted by Gasteiger charge is -2.20. The van der Waals surface area contributed by atoms with E-state index in [4.69, 9.17) is 9.98 Å². The lowest BCUT2D eigenvalue weighted by atomic mass is 10.2. The van der Waals surface area contributed by atoms with Crippen molar-refractivity contribution in [1.29, 1.82) is 0 Å². The maximum atomic E-state index is 4.75. The fourth-order valence-electron chi connectivity index (χ4n) is 2.54. The molecule has 2 heterocycles. The van der Waals surface area contributed by atoms with E-state index in [0.29, 0.717) is 6.54 Å². The third-order valence-electron chi connectivity index (χ3n) is 3.75. The maximum absolute atomic E-state index is 4.75. The van der Waals surface area contributed by atoms with Crippen molar-refractivity contribution < 1.29 is 0 Å². The highest BCUT2D eigenvalue weighted by Gasteiger charge is 2.10. The Morgan fingerprint density at radius 1 is 1.15 bits per heavy atom. The second-order valence-electron chi connectivity index (χ2n) is 5.88. The van der Waals surface area contributed by atoms with Crippen LogP contribution in [-0.2, 0) is 13.1 Å². The van der Waals surface area contributed by atoms with E-state index < -0.39 is 0 Å². The van der Waals surface area contributed by atoms with E-state index >= 15 is 0 Å². The Kier molecular flexibility index (Phi) is 6.35. The summed E-state index contributed by atoms with van der Waals surface area (Å²) < 4.78 is 0. The molecule has 136 valence electrons. The van der Waals surface area contributed by atoms with Gasteiger partial charge in [0.15, 0.2) is 5.96 Å². The highest BCUT2D eigenvalue weighted by molar-refractivity contribution is 7.10. The average molecular weight is 386 g/mol. The zero-order valence-electron chi connectivity index (χ0n) is 15.3.